The first-order valence-corrected chi connectivity index (χ1v) is 11.6. The summed E-state index contributed by atoms with van der Waals surface area (Å²) in [6.07, 6.45) is 1.82. The highest BCUT2D eigenvalue weighted by Crippen LogP contribution is 2.44. The van der Waals surface area contributed by atoms with Crippen LogP contribution in [0.15, 0.2) is 54.7 Å². The number of anilines is 2. The largest absolute Gasteiger partial charge is 0.351 e. The van der Waals surface area contributed by atoms with Crippen LogP contribution in [0.1, 0.15) is 46.9 Å². The van der Waals surface area contributed by atoms with E-state index < -0.39 is 0 Å². The molecule has 3 heterocycles. The SMILES string of the molecule is Cc1ccc([C@H]2[C@@H](c3ccccn3)NC(=S)N2c2ccc(NC(=O)C(C)C)c(C)c2)s1. The van der Waals surface area contributed by atoms with Gasteiger partial charge in [0.05, 0.1) is 17.8 Å². The predicted molar refractivity (Wildman–Crippen MR) is 132 cm³/mol. The number of aromatic nitrogens is 1. The fourth-order valence-corrected chi connectivity index (χ4v) is 5.10. The highest BCUT2D eigenvalue weighted by atomic mass is 32.1. The van der Waals surface area contributed by atoms with Crippen LogP contribution in [0.2, 0.25) is 0 Å². The Morgan fingerprint density at radius 1 is 1.19 bits per heavy atom. The van der Waals surface area contributed by atoms with E-state index in [2.05, 4.69) is 45.6 Å². The van der Waals surface area contributed by atoms with Gasteiger partial charge in [-0.15, -0.1) is 11.3 Å². The Balaban J connectivity index is 1.73. The predicted octanol–water partition coefficient (Wildman–Crippen LogP) is 5.53. The van der Waals surface area contributed by atoms with Crippen LogP contribution in [-0.2, 0) is 4.79 Å². The van der Waals surface area contributed by atoms with Crippen molar-refractivity contribution in [2.24, 2.45) is 5.92 Å². The van der Waals surface area contributed by atoms with E-state index in [0.29, 0.717) is 5.11 Å². The zero-order valence-corrected chi connectivity index (χ0v) is 19.7. The highest BCUT2D eigenvalue weighted by Gasteiger charge is 2.41. The lowest BCUT2D eigenvalue weighted by molar-refractivity contribution is -0.118. The second-order valence-electron chi connectivity index (χ2n) is 8.09. The first-order chi connectivity index (χ1) is 14.8. The van der Waals surface area contributed by atoms with Gasteiger partial charge in [0.15, 0.2) is 5.11 Å². The molecule has 0 unspecified atom stereocenters. The first-order valence-electron chi connectivity index (χ1n) is 10.3. The molecule has 1 fully saturated rings. The van der Waals surface area contributed by atoms with Crippen molar-refractivity contribution in [3.05, 3.63) is 75.7 Å². The van der Waals surface area contributed by atoms with Crippen LogP contribution < -0.4 is 15.5 Å². The first kappa shape index (κ1) is 21.5. The number of benzene rings is 1. The number of aryl methyl sites for hydroxylation is 2. The van der Waals surface area contributed by atoms with E-state index in [4.69, 9.17) is 12.2 Å². The number of pyridine rings is 1. The van der Waals surface area contributed by atoms with Gasteiger partial charge in [-0.05, 0) is 74.1 Å². The zero-order valence-electron chi connectivity index (χ0n) is 18.0. The van der Waals surface area contributed by atoms with Crippen LogP contribution in [0.5, 0.6) is 0 Å². The molecule has 0 aliphatic carbocycles. The Bertz CT molecular complexity index is 1110. The fourth-order valence-electron chi connectivity index (χ4n) is 3.75. The van der Waals surface area contributed by atoms with Gasteiger partial charge >= 0.3 is 0 Å². The summed E-state index contributed by atoms with van der Waals surface area (Å²) in [6, 6.07) is 16.3. The van der Waals surface area contributed by atoms with Gasteiger partial charge in [0.25, 0.3) is 0 Å². The molecule has 31 heavy (non-hydrogen) atoms. The summed E-state index contributed by atoms with van der Waals surface area (Å²) in [5.74, 6) is -0.0589. The van der Waals surface area contributed by atoms with E-state index >= 15 is 0 Å². The number of nitrogens with one attached hydrogen (secondary N) is 2. The maximum absolute atomic E-state index is 12.1. The van der Waals surface area contributed by atoms with Crippen LogP contribution >= 0.6 is 23.6 Å². The molecule has 1 aliphatic rings. The van der Waals surface area contributed by atoms with Gasteiger partial charge in [-0.3, -0.25) is 9.78 Å². The molecule has 1 aliphatic heterocycles. The molecule has 0 radical (unpaired) electrons. The molecule has 4 rings (SSSR count). The molecule has 2 aromatic heterocycles. The van der Waals surface area contributed by atoms with E-state index in [9.17, 15) is 4.79 Å². The summed E-state index contributed by atoms with van der Waals surface area (Å²) >= 11 is 7.56. The van der Waals surface area contributed by atoms with Crippen molar-refractivity contribution in [3.8, 4) is 0 Å². The van der Waals surface area contributed by atoms with Crippen molar-refractivity contribution >= 4 is 45.9 Å². The summed E-state index contributed by atoms with van der Waals surface area (Å²) in [4.78, 5) is 21.4. The fraction of sp³-hybridized carbons (Fsp3) is 0.292. The monoisotopic (exact) mass is 450 g/mol. The van der Waals surface area contributed by atoms with E-state index in [1.807, 2.05) is 57.3 Å². The van der Waals surface area contributed by atoms with Gasteiger partial charge in [-0.2, -0.15) is 0 Å². The van der Waals surface area contributed by atoms with E-state index in [-0.39, 0.29) is 23.9 Å². The summed E-state index contributed by atoms with van der Waals surface area (Å²) in [5, 5.41) is 7.17. The van der Waals surface area contributed by atoms with Gasteiger partial charge in [0.1, 0.15) is 0 Å². The summed E-state index contributed by atoms with van der Waals surface area (Å²) in [6.45, 7) is 7.90. The molecule has 0 bridgehead atoms. The Hall–Kier alpha value is -2.77. The van der Waals surface area contributed by atoms with Gasteiger partial charge in [-0.25, -0.2) is 0 Å². The van der Waals surface area contributed by atoms with Gasteiger partial charge in [0.2, 0.25) is 5.91 Å². The summed E-state index contributed by atoms with van der Waals surface area (Å²) in [7, 11) is 0. The third kappa shape index (κ3) is 4.34. The van der Waals surface area contributed by atoms with Crippen molar-refractivity contribution in [2.45, 2.75) is 39.8 Å². The molecule has 1 aromatic carbocycles. The second-order valence-corrected chi connectivity index (χ2v) is 9.79. The molecule has 5 nitrogen and oxygen atoms in total. The van der Waals surface area contributed by atoms with Crippen LogP contribution in [0.25, 0.3) is 0 Å². The van der Waals surface area contributed by atoms with Crippen molar-refractivity contribution in [2.75, 3.05) is 10.2 Å². The molecule has 2 N–H and O–H groups in total. The average Bonchev–Trinajstić information content (AvgIpc) is 3.32. The van der Waals surface area contributed by atoms with Gasteiger partial charge in [-0.1, -0.05) is 19.9 Å². The third-order valence-corrected chi connectivity index (χ3v) is 6.81. The lowest BCUT2D eigenvalue weighted by Crippen LogP contribution is -2.29. The molecule has 3 aromatic rings. The Morgan fingerprint density at radius 2 is 2.00 bits per heavy atom. The number of thiocarbonyl (C=S) groups is 1. The van der Waals surface area contributed by atoms with E-state index in [0.717, 1.165) is 22.6 Å². The lowest BCUT2D eigenvalue weighted by Gasteiger charge is -2.27. The number of hydrogen-bond donors (Lipinski definition) is 2. The van der Waals surface area contributed by atoms with Gasteiger partial charge in [0, 0.05) is 33.2 Å². The number of carbonyl (C=O) groups excluding carboxylic acids is 1. The maximum atomic E-state index is 12.1. The second kappa shape index (κ2) is 8.77. The number of carbonyl (C=O) groups is 1. The normalized spacial score (nSPS) is 18.4. The van der Waals surface area contributed by atoms with Crippen molar-refractivity contribution in [1.29, 1.82) is 0 Å². The number of thiophene rings is 1. The minimum Gasteiger partial charge on any atom is -0.351 e. The number of hydrogen-bond acceptors (Lipinski definition) is 4. The number of amides is 1. The number of nitrogens with zero attached hydrogens (tertiary/aromatic N) is 2. The van der Waals surface area contributed by atoms with Crippen LogP contribution in [0, 0.1) is 19.8 Å². The molecular weight excluding hydrogens is 424 g/mol. The number of rotatable bonds is 5. The average molecular weight is 451 g/mol. The summed E-state index contributed by atoms with van der Waals surface area (Å²) < 4.78 is 0. The smallest absolute Gasteiger partial charge is 0.226 e. The van der Waals surface area contributed by atoms with Crippen LogP contribution in [-0.4, -0.2) is 16.0 Å². The quantitative estimate of drug-likeness (QED) is 0.501. The minimum absolute atomic E-state index is 0.00314. The van der Waals surface area contributed by atoms with E-state index in [1.165, 1.54) is 9.75 Å². The molecule has 2 atom stereocenters. The third-order valence-electron chi connectivity index (χ3n) is 5.42. The molecule has 1 amide bonds. The van der Waals surface area contributed by atoms with Crippen molar-refractivity contribution < 1.29 is 4.79 Å². The standard InChI is InChI=1S/C24H26N4OS2/c1-14(2)23(29)26-18-10-9-17(13-15(18)3)28-22(20-11-8-16(4)31-20)21(27-24(28)30)19-7-5-6-12-25-19/h5-14,21-22H,1-4H3,(H,26,29)(H,27,30)/t21-,22+/m1/s1. The highest BCUT2D eigenvalue weighted by molar-refractivity contribution is 7.80. The molecular formula is C24H26N4OS2. The molecule has 1 saturated heterocycles. The summed E-state index contributed by atoms with van der Waals surface area (Å²) in [5.41, 5.74) is 3.77. The molecule has 0 saturated carbocycles. The minimum atomic E-state index is -0.0694. The molecule has 0 spiro atoms. The maximum Gasteiger partial charge on any atom is 0.226 e. The van der Waals surface area contributed by atoms with Crippen LogP contribution in [0.4, 0.5) is 11.4 Å². The lowest BCUT2D eigenvalue weighted by atomic mass is 10.0. The Labute approximate surface area is 192 Å². The van der Waals surface area contributed by atoms with E-state index in [1.54, 1.807) is 11.3 Å². The molecule has 7 heteroatoms. The molecule has 160 valence electrons. The zero-order chi connectivity index (χ0) is 22.1. The van der Waals surface area contributed by atoms with Crippen molar-refractivity contribution in [3.63, 3.8) is 0 Å². The van der Waals surface area contributed by atoms with Crippen molar-refractivity contribution in [1.82, 2.24) is 10.3 Å². The van der Waals surface area contributed by atoms with Gasteiger partial charge < -0.3 is 15.5 Å². The van der Waals surface area contributed by atoms with Crippen LogP contribution in [0.3, 0.4) is 0 Å². The Kier molecular flexibility index (Phi) is 6.07. The topological polar surface area (TPSA) is 57.3 Å². The Morgan fingerprint density at radius 3 is 2.61 bits per heavy atom.